The van der Waals surface area contributed by atoms with Gasteiger partial charge >= 0.3 is 0 Å². The molecule has 0 heterocycles. The molecule has 0 aromatic heterocycles. The standard InChI is InChI=1S/C14H23N3O3/c15-7-2-1-3-11(16)14(20)17-8-6-10-4-5-12(18)13(19)9-10/h4-5,9,11,18-19H,1-3,6-8,15-16H2,(H,17,20). The summed E-state index contributed by atoms with van der Waals surface area (Å²) in [6.07, 6.45) is 2.91. The topological polar surface area (TPSA) is 122 Å². The average Bonchev–Trinajstić information content (AvgIpc) is 2.42. The molecule has 6 heteroatoms. The first-order valence-corrected chi connectivity index (χ1v) is 6.78. The maximum atomic E-state index is 11.7. The Morgan fingerprint density at radius 1 is 1.25 bits per heavy atom. The number of nitrogens with one attached hydrogen (secondary N) is 1. The molecule has 20 heavy (non-hydrogen) atoms. The van der Waals surface area contributed by atoms with E-state index in [4.69, 9.17) is 11.5 Å². The molecule has 0 aliphatic rings. The second-order valence-corrected chi connectivity index (χ2v) is 4.76. The number of aromatic hydroxyl groups is 2. The van der Waals surface area contributed by atoms with Gasteiger partial charge in [0.05, 0.1) is 6.04 Å². The van der Waals surface area contributed by atoms with E-state index < -0.39 is 6.04 Å². The summed E-state index contributed by atoms with van der Waals surface area (Å²) in [6.45, 7) is 1.05. The van der Waals surface area contributed by atoms with E-state index in [1.165, 1.54) is 12.1 Å². The molecule has 0 aliphatic carbocycles. The zero-order valence-corrected chi connectivity index (χ0v) is 11.5. The van der Waals surface area contributed by atoms with Crippen molar-refractivity contribution in [3.8, 4) is 11.5 Å². The Kier molecular flexibility index (Phi) is 6.83. The molecule has 0 bridgehead atoms. The van der Waals surface area contributed by atoms with Crippen molar-refractivity contribution in [3.63, 3.8) is 0 Å². The Balaban J connectivity index is 2.28. The third-order valence-electron chi connectivity index (χ3n) is 3.06. The zero-order valence-electron chi connectivity index (χ0n) is 11.5. The van der Waals surface area contributed by atoms with Crippen molar-refractivity contribution in [2.24, 2.45) is 11.5 Å². The summed E-state index contributed by atoms with van der Waals surface area (Å²) in [5.74, 6) is -0.489. The molecule has 112 valence electrons. The predicted molar refractivity (Wildman–Crippen MR) is 77.4 cm³/mol. The maximum Gasteiger partial charge on any atom is 0.236 e. The number of hydrogen-bond donors (Lipinski definition) is 5. The van der Waals surface area contributed by atoms with Gasteiger partial charge < -0.3 is 27.0 Å². The largest absolute Gasteiger partial charge is 0.504 e. The summed E-state index contributed by atoms with van der Waals surface area (Å²) in [5, 5.41) is 21.3. The van der Waals surface area contributed by atoms with Crippen LogP contribution in [0.1, 0.15) is 24.8 Å². The van der Waals surface area contributed by atoms with E-state index in [1.54, 1.807) is 6.07 Å². The van der Waals surface area contributed by atoms with Crippen LogP contribution in [-0.2, 0) is 11.2 Å². The molecule has 0 saturated heterocycles. The van der Waals surface area contributed by atoms with Crippen LogP contribution in [0.2, 0.25) is 0 Å². The summed E-state index contributed by atoms with van der Waals surface area (Å²) < 4.78 is 0. The Bertz CT molecular complexity index is 438. The van der Waals surface area contributed by atoms with Crippen molar-refractivity contribution in [2.75, 3.05) is 13.1 Å². The summed E-state index contributed by atoms with van der Waals surface area (Å²) in [5.41, 5.74) is 12.0. The highest BCUT2D eigenvalue weighted by Gasteiger charge is 2.12. The number of unbranched alkanes of at least 4 members (excludes halogenated alkanes) is 1. The average molecular weight is 281 g/mol. The van der Waals surface area contributed by atoms with Crippen LogP contribution in [0.25, 0.3) is 0 Å². The van der Waals surface area contributed by atoms with Crippen LogP contribution < -0.4 is 16.8 Å². The predicted octanol–water partition coefficient (Wildman–Crippen LogP) is 0.213. The first-order chi connectivity index (χ1) is 9.54. The first-order valence-electron chi connectivity index (χ1n) is 6.78. The molecule has 6 nitrogen and oxygen atoms in total. The van der Waals surface area contributed by atoms with Gasteiger partial charge in [-0.15, -0.1) is 0 Å². The Labute approximate surface area is 118 Å². The highest BCUT2D eigenvalue weighted by atomic mass is 16.3. The van der Waals surface area contributed by atoms with Crippen molar-refractivity contribution in [3.05, 3.63) is 23.8 Å². The van der Waals surface area contributed by atoms with Gasteiger partial charge in [0.15, 0.2) is 11.5 Å². The van der Waals surface area contributed by atoms with Gasteiger partial charge in [0, 0.05) is 6.54 Å². The summed E-state index contributed by atoms with van der Waals surface area (Å²) >= 11 is 0. The Hall–Kier alpha value is -1.79. The maximum absolute atomic E-state index is 11.7. The second-order valence-electron chi connectivity index (χ2n) is 4.76. The van der Waals surface area contributed by atoms with Crippen LogP contribution in [-0.4, -0.2) is 35.3 Å². The molecule has 7 N–H and O–H groups in total. The van der Waals surface area contributed by atoms with Crippen LogP contribution in [0.15, 0.2) is 18.2 Å². The van der Waals surface area contributed by atoms with Crippen molar-refractivity contribution in [1.82, 2.24) is 5.32 Å². The summed E-state index contributed by atoms with van der Waals surface area (Å²) in [4.78, 5) is 11.7. The van der Waals surface area contributed by atoms with Crippen LogP contribution >= 0.6 is 0 Å². The molecule has 0 aliphatic heterocycles. The molecular formula is C14H23N3O3. The van der Waals surface area contributed by atoms with E-state index in [2.05, 4.69) is 5.32 Å². The number of phenolic OH excluding ortho intramolecular Hbond substituents is 2. The van der Waals surface area contributed by atoms with Gasteiger partial charge in [-0.25, -0.2) is 0 Å². The third-order valence-corrected chi connectivity index (χ3v) is 3.06. The van der Waals surface area contributed by atoms with Crippen molar-refractivity contribution in [2.45, 2.75) is 31.7 Å². The minimum atomic E-state index is -0.505. The SMILES string of the molecule is NCCCCC(N)C(=O)NCCc1ccc(O)c(O)c1. The summed E-state index contributed by atoms with van der Waals surface area (Å²) in [6, 6.07) is 4.09. The van der Waals surface area contributed by atoms with E-state index >= 15 is 0 Å². The number of carbonyl (C=O) groups excluding carboxylic acids is 1. The number of benzene rings is 1. The molecule has 0 spiro atoms. The molecule has 1 atom stereocenters. The van der Waals surface area contributed by atoms with E-state index in [1.807, 2.05) is 0 Å². The van der Waals surface area contributed by atoms with Crippen LogP contribution in [0, 0.1) is 0 Å². The lowest BCUT2D eigenvalue weighted by atomic mass is 10.1. The van der Waals surface area contributed by atoms with Gasteiger partial charge in [0.1, 0.15) is 0 Å². The zero-order chi connectivity index (χ0) is 15.0. The highest BCUT2D eigenvalue weighted by Crippen LogP contribution is 2.24. The normalized spacial score (nSPS) is 12.1. The molecule has 1 aromatic rings. The van der Waals surface area contributed by atoms with E-state index in [0.717, 1.165) is 18.4 Å². The third kappa shape index (κ3) is 5.46. The molecule has 1 unspecified atom stereocenters. The molecule has 0 fully saturated rings. The summed E-state index contributed by atoms with van der Waals surface area (Å²) in [7, 11) is 0. The lowest BCUT2D eigenvalue weighted by molar-refractivity contribution is -0.122. The Morgan fingerprint density at radius 3 is 2.65 bits per heavy atom. The van der Waals surface area contributed by atoms with Gasteiger partial charge in [0.25, 0.3) is 0 Å². The van der Waals surface area contributed by atoms with E-state index in [9.17, 15) is 15.0 Å². The van der Waals surface area contributed by atoms with Gasteiger partial charge in [-0.3, -0.25) is 4.79 Å². The molecule has 0 radical (unpaired) electrons. The molecule has 0 saturated carbocycles. The first kappa shape index (κ1) is 16.3. The number of nitrogens with two attached hydrogens (primary N) is 2. The minimum Gasteiger partial charge on any atom is -0.504 e. The molecule has 1 amide bonds. The lowest BCUT2D eigenvalue weighted by Crippen LogP contribution is -2.41. The van der Waals surface area contributed by atoms with E-state index in [0.29, 0.717) is 25.9 Å². The minimum absolute atomic E-state index is 0.153. The fraction of sp³-hybridized carbons (Fsp3) is 0.500. The monoisotopic (exact) mass is 281 g/mol. The highest BCUT2D eigenvalue weighted by molar-refractivity contribution is 5.81. The molecular weight excluding hydrogens is 258 g/mol. The fourth-order valence-corrected chi connectivity index (χ4v) is 1.83. The van der Waals surface area contributed by atoms with Gasteiger partial charge in [-0.2, -0.15) is 0 Å². The number of rotatable bonds is 8. The number of phenols is 2. The van der Waals surface area contributed by atoms with Crippen LogP contribution in [0.4, 0.5) is 0 Å². The number of amides is 1. The van der Waals surface area contributed by atoms with Crippen LogP contribution in [0.3, 0.4) is 0 Å². The lowest BCUT2D eigenvalue weighted by Gasteiger charge is -2.12. The van der Waals surface area contributed by atoms with Crippen LogP contribution in [0.5, 0.6) is 11.5 Å². The quantitative estimate of drug-likeness (QED) is 0.344. The molecule has 1 rings (SSSR count). The van der Waals surface area contributed by atoms with Crippen molar-refractivity contribution >= 4 is 5.91 Å². The van der Waals surface area contributed by atoms with Gasteiger partial charge in [-0.1, -0.05) is 12.5 Å². The smallest absolute Gasteiger partial charge is 0.236 e. The Morgan fingerprint density at radius 2 is 2.00 bits per heavy atom. The second kappa shape index (κ2) is 8.39. The number of carbonyl (C=O) groups is 1. The van der Waals surface area contributed by atoms with E-state index in [-0.39, 0.29) is 17.4 Å². The molecule has 1 aromatic carbocycles. The van der Waals surface area contributed by atoms with Crippen molar-refractivity contribution < 1.29 is 15.0 Å². The van der Waals surface area contributed by atoms with Gasteiger partial charge in [0.2, 0.25) is 5.91 Å². The fourth-order valence-electron chi connectivity index (χ4n) is 1.83. The number of hydrogen-bond acceptors (Lipinski definition) is 5. The van der Waals surface area contributed by atoms with Gasteiger partial charge in [-0.05, 0) is 43.5 Å². The van der Waals surface area contributed by atoms with Crippen molar-refractivity contribution in [1.29, 1.82) is 0 Å².